The number of aryl methyl sites for hydroxylation is 1. The minimum atomic E-state index is -0.0141. The van der Waals surface area contributed by atoms with Gasteiger partial charge in [0.15, 0.2) is 0 Å². The van der Waals surface area contributed by atoms with E-state index in [1.165, 1.54) is 5.39 Å². The number of hydrogen-bond acceptors (Lipinski definition) is 2. The van der Waals surface area contributed by atoms with Crippen LogP contribution in [0.5, 0.6) is 0 Å². The zero-order valence-corrected chi connectivity index (χ0v) is 8.49. The topological polar surface area (TPSA) is 38.9 Å². The van der Waals surface area contributed by atoms with Crippen LogP contribution >= 0.6 is 0 Å². The van der Waals surface area contributed by atoms with E-state index in [4.69, 9.17) is 5.73 Å². The average Bonchev–Trinajstić information content (AvgIpc) is 2.16. The van der Waals surface area contributed by atoms with E-state index in [-0.39, 0.29) is 6.04 Å². The molecular weight excluding hydrogens is 172 g/mol. The van der Waals surface area contributed by atoms with Gasteiger partial charge < -0.3 is 5.73 Å². The summed E-state index contributed by atoms with van der Waals surface area (Å²) in [6.45, 7) is 3.96. The Labute approximate surface area is 83.8 Å². The highest BCUT2D eigenvalue weighted by Gasteiger charge is 2.07. The second kappa shape index (κ2) is 3.39. The lowest BCUT2D eigenvalue weighted by molar-refractivity contribution is 0.786. The van der Waals surface area contributed by atoms with Gasteiger partial charge in [-0.2, -0.15) is 0 Å². The highest BCUT2D eigenvalue weighted by molar-refractivity contribution is 5.85. The van der Waals surface area contributed by atoms with Crippen molar-refractivity contribution in [1.82, 2.24) is 4.98 Å². The molecule has 0 saturated carbocycles. The fourth-order valence-corrected chi connectivity index (χ4v) is 1.71. The monoisotopic (exact) mass is 186 g/mol. The van der Waals surface area contributed by atoms with Gasteiger partial charge in [0, 0.05) is 17.1 Å². The molecule has 2 N–H and O–H groups in total. The largest absolute Gasteiger partial charge is 0.323 e. The van der Waals surface area contributed by atoms with Gasteiger partial charge in [-0.3, -0.25) is 4.98 Å². The summed E-state index contributed by atoms with van der Waals surface area (Å²) < 4.78 is 0. The third kappa shape index (κ3) is 1.49. The molecule has 0 aliphatic carbocycles. The van der Waals surface area contributed by atoms with Gasteiger partial charge >= 0.3 is 0 Å². The average molecular weight is 186 g/mol. The lowest BCUT2D eigenvalue weighted by Crippen LogP contribution is -2.08. The normalized spacial score (nSPS) is 13.1. The Morgan fingerprint density at radius 1 is 1.29 bits per heavy atom. The lowest BCUT2D eigenvalue weighted by atomic mass is 10.1. The zero-order chi connectivity index (χ0) is 10.1. The molecule has 2 aromatic rings. The van der Waals surface area contributed by atoms with E-state index in [2.05, 4.69) is 23.2 Å². The molecule has 0 aliphatic rings. The van der Waals surface area contributed by atoms with Crippen LogP contribution in [0.25, 0.3) is 10.8 Å². The molecule has 72 valence electrons. The molecule has 0 aliphatic heterocycles. The lowest BCUT2D eigenvalue weighted by Gasteiger charge is -2.09. The van der Waals surface area contributed by atoms with Crippen molar-refractivity contribution in [1.29, 1.82) is 0 Å². The number of fused-ring (bicyclic) bond motifs is 1. The first kappa shape index (κ1) is 9.16. The van der Waals surface area contributed by atoms with Gasteiger partial charge in [0.25, 0.3) is 0 Å². The first-order valence-electron chi connectivity index (χ1n) is 4.80. The molecule has 14 heavy (non-hydrogen) atoms. The van der Waals surface area contributed by atoms with Crippen molar-refractivity contribution in [2.75, 3.05) is 0 Å². The molecule has 0 fully saturated rings. The van der Waals surface area contributed by atoms with Gasteiger partial charge in [0.05, 0.1) is 5.69 Å². The van der Waals surface area contributed by atoms with Crippen molar-refractivity contribution in [3.63, 3.8) is 0 Å². The van der Waals surface area contributed by atoms with Crippen molar-refractivity contribution in [2.24, 2.45) is 5.73 Å². The molecule has 2 heteroatoms. The number of rotatable bonds is 1. The van der Waals surface area contributed by atoms with Crippen LogP contribution in [0, 0.1) is 6.92 Å². The minimum absolute atomic E-state index is 0.0141. The van der Waals surface area contributed by atoms with Crippen molar-refractivity contribution < 1.29 is 0 Å². The van der Waals surface area contributed by atoms with Gasteiger partial charge in [-0.05, 0) is 25.3 Å². The van der Waals surface area contributed by atoms with E-state index in [0.717, 1.165) is 16.8 Å². The van der Waals surface area contributed by atoms with Gasteiger partial charge in [-0.1, -0.05) is 24.3 Å². The summed E-state index contributed by atoms with van der Waals surface area (Å²) >= 11 is 0. The van der Waals surface area contributed by atoms with E-state index in [9.17, 15) is 0 Å². The van der Waals surface area contributed by atoms with Gasteiger partial charge in [-0.25, -0.2) is 0 Å². The fraction of sp³-hybridized carbons (Fsp3) is 0.250. The predicted molar refractivity (Wildman–Crippen MR) is 59.1 cm³/mol. The van der Waals surface area contributed by atoms with E-state index < -0.39 is 0 Å². The molecule has 2 rings (SSSR count). The number of hydrogen-bond donors (Lipinski definition) is 1. The number of pyridine rings is 1. The summed E-state index contributed by atoms with van der Waals surface area (Å²) in [4.78, 5) is 4.48. The fourth-order valence-electron chi connectivity index (χ4n) is 1.71. The Kier molecular flexibility index (Phi) is 2.22. The molecule has 1 atom stereocenters. The molecule has 1 aromatic heterocycles. The summed E-state index contributed by atoms with van der Waals surface area (Å²) in [6, 6.07) is 10.3. The minimum Gasteiger partial charge on any atom is -0.323 e. The molecule has 2 nitrogen and oxygen atoms in total. The molecule has 0 saturated heterocycles. The van der Waals surface area contributed by atoms with E-state index in [0.29, 0.717) is 0 Å². The molecule has 1 unspecified atom stereocenters. The van der Waals surface area contributed by atoms with Crippen LogP contribution in [-0.4, -0.2) is 4.98 Å². The van der Waals surface area contributed by atoms with Crippen molar-refractivity contribution in [2.45, 2.75) is 19.9 Å². The van der Waals surface area contributed by atoms with Crippen molar-refractivity contribution in [3.8, 4) is 0 Å². The van der Waals surface area contributed by atoms with Crippen molar-refractivity contribution >= 4 is 10.8 Å². The third-order valence-corrected chi connectivity index (χ3v) is 2.33. The third-order valence-electron chi connectivity index (χ3n) is 2.33. The number of nitrogens with two attached hydrogens (primary N) is 1. The summed E-state index contributed by atoms with van der Waals surface area (Å²) in [5.41, 5.74) is 7.90. The standard InChI is InChI=1S/C12H14N2/c1-8-7-10-5-3-4-6-11(10)12(14-8)9(2)13/h3-7,9H,13H2,1-2H3. The Hall–Kier alpha value is -1.41. The number of nitrogens with zero attached hydrogens (tertiary/aromatic N) is 1. The Morgan fingerprint density at radius 3 is 2.71 bits per heavy atom. The smallest absolute Gasteiger partial charge is 0.0649 e. The maximum absolute atomic E-state index is 5.89. The van der Waals surface area contributed by atoms with Crippen LogP contribution in [0.3, 0.4) is 0 Å². The van der Waals surface area contributed by atoms with Crippen LogP contribution in [0.1, 0.15) is 24.4 Å². The van der Waals surface area contributed by atoms with Gasteiger partial charge in [0.2, 0.25) is 0 Å². The van der Waals surface area contributed by atoms with Gasteiger partial charge in [-0.15, -0.1) is 0 Å². The Bertz CT molecular complexity index is 461. The summed E-state index contributed by atoms with van der Waals surface area (Å²) in [5.74, 6) is 0. The van der Waals surface area contributed by atoms with Crippen LogP contribution in [0.2, 0.25) is 0 Å². The molecule has 0 radical (unpaired) electrons. The number of benzene rings is 1. The maximum Gasteiger partial charge on any atom is 0.0649 e. The summed E-state index contributed by atoms with van der Waals surface area (Å²) in [5, 5.41) is 2.38. The molecule has 0 bridgehead atoms. The zero-order valence-electron chi connectivity index (χ0n) is 8.49. The Morgan fingerprint density at radius 2 is 2.00 bits per heavy atom. The summed E-state index contributed by atoms with van der Waals surface area (Å²) in [6.07, 6.45) is 0. The summed E-state index contributed by atoms with van der Waals surface area (Å²) in [7, 11) is 0. The highest BCUT2D eigenvalue weighted by atomic mass is 14.8. The molecule has 1 aromatic carbocycles. The highest BCUT2D eigenvalue weighted by Crippen LogP contribution is 2.21. The van der Waals surface area contributed by atoms with Crippen LogP contribution in [0.15, 0.2) is 30.3 Å². The van der Waals surface area contributed by atoms with E-state index in [1.54, 1.807) is 0 Å². The first-order valence-corrected chi connectivity index (χ1v) is 4.80. The van der Waals surface area contributed by atoms with Crippen LogP contribution in [0.4, 0.5) is 0 Å². The molecule has 0 spiro atoms. The van der Waals surface area contributed by atoms with Crippen LogP contribution < -0.4 is 5.73 Å². The molecular formula is C12H14N2. The second-order valence-electron chi connectivity index (χ2n) is 3.66. The number of aromatic nitrogens is 1. The van der Waals surface area contributed by atoms with Gasteiger partial charge in [0.1, 0.15) is 0 Å². The molecule has 1 heterocycles. The van der Waals surface area contributed by atoms with Crippen LogP contribution in [-0.2, 0) is 0 Å². The quantitative estimate of drug-likeness (QED) is 0.743. The SMILES string of the molecule is Cc1cc2ccccc2c(C(C)N)n1. The Balaban J connectivity index is 2.80. The predicted octanol–water partition coefficient (Wildman–Crippen LogP) is 2.56. The molecule has 0 amide bonds. The first-order chi connectivity index (χ1) is 6.68. The maximum atomic E-state index is 5.89. The van der Waals surface area contributed by atoms with E-state index >= 15 is 0 Å². The van der Waals surface area contributed by atoms with E-state index in [1.807, 2.05) is 26.0 Å². The van der Waals surface area contributed by atoms with Crippen molar-refractivity contribution in [3.05, 3.63) is 41.7 Å². The second-order valence-corrected chi connectivity index (χ2v) is 3.66.